The highest BCUT2D eigenvalue weighted by molar-refractivity contribution is 6.33. The minimum Gasteiger partial charge on any atom is -0.384 e. The second-order valence-electron chi connectivity index (χ2n) is 5.33. The summed E-state index contributed by atoms with van der Waals surface area (Å²) in [6, 6.07) is 1.52. The van der Waals surface area contributed by atoms with Gasteiger partial charge in [0, 0.05) is 12.7 Å². The molecule has 0 radical (unpaired) electrons. The zero-order chi connectivity index (χ0) is 13.9. The molecule has 1 amide bonds. The van der Waals surface area contributed by atoms with E-state index in [2.05, 4.69) is 17.2 Å². The maximum atomic E-state index is 12.2. The average Bonchev–Trinajstić information content (AvgIpc) is 2.88. The van der Waals surface area contributed by atoms with E-state index in [0.29, 0.717) is 22.9 Å². The zero-order valence-electron chi connectivity index (χ0n) is 11.2. The van der Waals surface area contributed by atoms with Crippen LogP contribution in [0.25, 0.3) is 0 Å². The Balaban J connectivity index is 2.03. The number of carbonyl (C=O) groups is 1. The fourth-order valence-electron chi connectivity index (χ4n) is 2.77. The molecule has 1 aromatic heterocycles. The summed E-state index contributed by atoms with van der Waals surface area (Å²) in [4.78, 5) is 16.0. The van der Waals surface area contributed by atoms with Crippen molar-refractivity contribution in [3.05, 3.63) is 22.8 Å². The second kappa shape index (κ2) is 5.78. The number of pyridine rings is 1. The highest BCUT2D eigenvalue weighted by Crippen LogP contribution is 2.40. The molecular formula is C14H20ClN3O. The zero-order valence-corrected chi connectivity index (χ0v) is 12.0. The summed E-state index contributed by atoms with van der Waals surface area (Å²) in [7, 11) is 0. The average molecular weight is 282 g/mol. The molecule has 19 heavy (non-hydrogen) atoms. The largest absolute Gasteiger partial charge is 0.384 e. The van der Waals surface area contributed by atoms with Gasteiger partial charge in [0.25, 0.3) is 5.91 Å². The molecule has 1 heterocycles. The molecule has 0 aromatic carbocycles. The molecule has 1 fully saturated rings. The van der Waals surface area contributed by atoms with Gasteiger partial charge >= 0.3 is 0 Å². The van der Waals surface area contributed by atoms with Crippen LogP contribution in [0.5, 0.6) is 0 Å². The quantitative estimate of drug-likeness (QED) is 0.891. The lowest BCUT2D eigenvalue weighted by molar-refractivity contribution is 0.0929. The normalized spacial score (nSPS) is 17.4. The van der Waals surface area contributed by atoms with Gasteiger partial charge in [-0.3, -0.25) is 4.79 Å². The molecule has 0 atom stereocenters. The maximum absolute atomic E-state index is 12.2. The third-order valence-electron chi connectivity index (χ3n) is 4.16. The number of hydrogen-bond donors (Lipinski definition) is 2. The minimum atomic E-state index is -0.168. The first-order valence-corrected chi connectivity index (χ1v) is 7.13. The van der Waals surface area contributed by atoms with Gasteiger partial charge in [-0.25, -0.2) is 4.98 Å². The summed E-state index contributed by atoms with van der Waals surface area (Å²) >= 11 is 5.98. The fourth-order valence-corrected chi connectivity index (χ4v) is 2.96. The number of anilines is 1. The van der Waals surface area contributed by atoms with Crippen molar-refractivity contribution in [1.82, 2.24) is 10.3 Å². The van der Waals surface area contributed by atoms with Crippen molar-refractivity contribution in [3.63, 3.8) is 0 Å². The van der Waals surface area contributed by atoms with Crippen LogP contribution in [0.2, 0.25) is 5.02 Å². The molecule has 1 aliphatic rings. The van der Waals surface area contributed by atoms with Gasteiger partial charge in [0.1, 0.15) is 5.82 Å². The Bertz CT molecular complexity index is 470. The molecule has 0 aliphatic heterocycles. The predicted molar refractivity (Wildman–Crippen MR) is 77.2 cm³/mol. The van der Waals surface area contributed by atoms with Crippen molar-refractivity contribution in [1.29, 1.82) is 0 Å². The van der Waals surface area contributed by atoms with Crippen molar-refractivity contribution >= 4 is 23.3 Å². The van der Waals surface area contributed by atoms with E-state index in [1.165, 1.54) is 37.9 Å². The van der Waals surface area contributed by atoms with Crippen LogP contribution >= 0.6 is 11.6 Å². The van der Waals surface area contributed by atoms with Gasteiger partial charge in [-0.1, -0.05) is 31.4 Å². The lowest BCUT2D eigenvalue weighted by Crippen LogP contribution is -2.35. The standard InChI is InChI=1S/C14H20ClN3O/c1-2-14(5-3-4-6-14)9-18-13(19)10-7-12(16)17-8-11(10)15/h7-8H,2-6,9H2,1H3,(H2,16,17)(H,18,19). The van der Waals surface area contributed by atoms with Crippen LogP contribution in [-0.2, 0) is 0 Å². The van der Waals surface area contributed by atoms with Gasteiger partial charge in [0.15, 0.2) is 0 Å². The van der Waals surface area contributed by atoms with E-state index in [-0.39, 0.29) is 11.3 Å². The van der Waals surface area contributed by atoms with E-state index in [9.17, 15) is 4.79 Å². The number of aromatic nitrogens is 1. The van der Waals surface area contributed by atoms with E-state index in [1.54, 1.807) is 0 Å². The summed E-state index contributed by atoms with van der Waals surface area (Å²) < 4.78 is 0. The SMILES string of the molecule is CCC1(CNC(=O)c2cc(N)ncc2Cl)CCCC1. The van der Waals surface area contributed by atoms with E-state index in [1.807, 2.05) is 0 Å². The highest BCUT2D eigenvalue weighted by atomic mass is 35.5. The van der Waals surface area contributed by atoms with Gasteiger partial charge in [-0.2, -0.15) is 0 Å². The predicted octanol–water partition coefficient (Wildman–Crippen LogP) is 3.02. The van der Waals surface area contributed by atoms with Crippen LogP contribution in [0.3, 0.4) is 0 Å². The molecular weight excluding hydrogens is 262 g/mol. The summed E-state index contributed by atoms with van der Waals surface area (Å²) in [5.74, 6) is 0.138. The van der Waals surface area contributed by atoms with Gasteiger partial charge in [-0.05, 0) is 30.7 Å². The Morgan fingerprint density at radius 3 is 2.84 bits per heavy atom. The van der Waals surface area contributed by atoms with Gasteiger partial charge in [0.2, 0.25) is 0 Å². The number of hydrogen-bond acceptors (Lipinski definition) is 3. The van der Waals surface area contributed by atoms with Gasteiger partial charge in [0.05, 0.1) is 10.6 Å². The molecule has 1 aliphatic carbocycles. The fraction of sp³-hybridized carbons (Fsp3) is 0.571. The molecule has 4 nitrogen and oxygen atoms in total. The van der Waals surface area contributed by atoms with Crippen LogP contribution in [0, 0.1) is 5.41 Å². The molecule has 0 spiro atoms. The van der Waals surface area contributed by atoms with Crippen molar-refractivity contribution in [2.45, 2.75) is 39.0 Å². The lowest BCUT2D eigenvalue weighted by Gasteiger charge is -2.27. The summed E-state index contributed by atoms with van der Waals surface area (Å²) in [5.41, 5.74) is 6.25. The van der Waals surface area contributed by atoms with Crippen LogP contribution in [-0.4, -0.2) is 17.4 Å². The van der Waals surface area contributed by atoms with E-state index < -0.39 is 0 Å². The van der Waals surface area contributed by atoms with Crippen LogP contribution < -0.4 is 11.1 Å². The molecule has 1 aromatic rings. The Labute approximate surface area is 118 Å². The number of rotatable bonds is 4. The second-order valence-corrected chi connectivity index (χ2v) is 5.74. The maximum Gasteiger partial charge on any atom is 0.253 e. The van der Waals surface area contributed by atoms with Crippen LogP contribution in [0.1, 0.15) is 49.4 Å². The molecule has 2 rings (SSSR count). The van der Waals surface area contributed by atoms with Crippen molar-refractivity contribution in [2.75, 3.05) is 12.3 Å². The van der Waals surface area contributed by atoms with Crippen LogP contribution in [0.4, 0.5) is 5.82 Å². The first-order valence-electron chi connectivity index (χ1n) is 6.75. The third kappa shape index (κ3) is 3.18. The highest BCUT2D eigenvalue weighted by Gasteiger charge is 2.32. The molecule has 0 saturated heterocycles. The molecule has 104 valence electrons. The van der Waals surface area contributed by atoms with Gasteiger partial charge in [-0.15, -0.1) is 0 Å². The van der Waals surface area contributed by atoms with Crippen molar-refractivity contribution in [3.8, 4) is 0 Å². The molecule has 1 saturated carbocycles. The van der Waals surface area contributed by atoms with E-state index in [0.717, 1.165) is 6.42 Å². The number of halogens is 1. The summed E-state index contributed by atoms with van der Waals surface area (Å²) in [5, 5.41) is 3.33. The first kappa shape index (κ1) is 14.1. The van der Waals surface area contributed by atoms with E-state index in [4.69, 9.17) is 17.3 Å². The lowest BCUT2D eigenvalue weighted by atomic mass is 9.83. The molecule has 0 unspecified atom stereocenters. The van der Waals surface area contributed by atoms with Crippen molar-refractivity contribution in [2.24, 2.45) is 5.41 Å². The third-order valence-corrected chi connectivity index (χ3v) is 4.46. The summed E-state index contributed by atoms with van der Waals surface area (Å²) in [6.45, 7) is 2.90. The Kier molecular flexibility index (Phi) is 4.30. The van der Waals surface area contributed by atoms with Crippen molar-refractivity contribution < 1.29 is 4.79 Å². The van der Waals surface area contributed by atoms with Crippen LogP contribution in [0.15, 0.2) is 12.3 Å². The minimum absolute atomic E-state index is 0.168. The first-order chi connectivity index (χ1) is 9.06. The number of carbonyl (C=O) groups excluding carboxylic acids is 1. The smallest absolute Gasteiger partial charge is 0.253 e. The molecule has 3 N–H and O–H groups in total. The number of amides is 1. The monoisotopic (exact) mass is 281 g/mol. The Morgan fingerprint density at radius 1 is 1.53 bits per heavy atom. The Hall–Kier alpha value is -1.29. The topological polar surface area (TPSA) is 68.0 Å². The molecule has 0 bridgehead atoms. The number of nitrogens with zero attached hydrogens (tertiary/aromatic N) is 1. The van der Waals surface area contributed by atoms with Gasteiger partial charge < -0.3 is 11.1 Å². The number of nitrogens with two attached hydrogens (primary N) is 1. The molecule has 5 heteroatoms. The Morgan fingerprint density at radius 2 is 2.21 bits per heavy atom. The number of nitrogens with one attached hydrogen (secondary N) is 1. The number of nitrogen functional groups attached to an aromatic ring is 1. The van der Waals surface area contributed by atoms with E-state index >= 15 is 0 Å². The summed E-state index contributed by atoms with van der Waals surface area (Å²) in [6.07, 6.45) is 7.40.